The van der Waals surface area contributed by atoms with Crippen LogP contribution in [0.15, 0.2) is 20.3 Å². The molecule has 0 saturated carbocycles. The molecule has 0 aliphatic heterocycles. The number of fused-ring (bicyclic) bond motifs is 1. The van der Waals surface area contributed by atoms with Gasteiger partial charge in [-0.3, -0.25) is 13.9 Å². The van der Waals surface area contributed by atoms with Crippen molar-refractivity contribution in [1.82, 2.24) is 28.9 Å². The van der Waals surface area contributed by atoms with Crippen LogP contribution >= 0.6 is 0 Å². The van der Waals surface area contributed by atoms with Crippen LogP contribution in [0.2, 0.25) is 0 Å². The zero-order valence-electron chi connectivity index (χ0n) is 11.9. The fraction of sp³-hybridized carbons (Fsp3) is 0.417. The molecule has 0 saturated heterocycles. The second-order valence-electron chi connectivity index (χ2n) is 4.69. The van der Waals surface area contributed by atoms with Gasteiger partial charge in [0, 0.05) is 20.5 Å². The van der Waals surface area contributed by atoms with Crippen LogP contribution in [0.3, 0.4) is 0 Å². The molecule has 9 heteroatoms. The summed E-state index contributed by atoms with van der Waals surface area (Å²) in [6.07, 6.45) is 2.13. The van der Waals surface area contributed by atoms with Crippen LogP contribution in [0.4, 0.5) is 0 Å². The maximum atomic E-state index is 12.3. The fourth-order valence-corrected chi connectivity index (χ4v) is 2.16. The number of nitrogens with zero attached hydrogens (tertiary/aromatic N) is 6. The molecule has 3 rings (SSSR count). The van der Waals surface area contributed by atoms with Crippen LogP contribution in [0.5, 0.6) is 0 Å². The van der Waals surface area contributed by atoms with Crippen LogP contribution in [-0.4, -0.2) is 28.9 Å². The lowest BCUT2D eigenvalue weighted by Crippen LogP contribution is -2.37. The molecule has 0 bridgehead atoms. The number of imidazole rings is 1. The van der Waals surface area contributed by atoms with E-state index in [9.17, 15) is 9.59 Å². The molecular formula is C12H14N6O3. The van der Waals surface area contributed by atoms with Crippen LogP contribution in [0.1, 0.15) is 18.7 Å². The molecule has 0 atom stereocenters. The van der Waals surface area contributed by atoms with Gasteiger partial charge in [0.1, 0.15) is 6.54 Å². The summed E-state index contributed by atoms with van der Waals surface area (Å²) in [4.78, 5) is 28.2. The molecule has 0 aliphatic carbocycles. The number of rotatable bonds is 3. The van der Waals surface area contributed by atoms with E-state index >= 15 is 0 Å². The molecule has 0 fully saturated rings. The van der Waals surface area contributed by atoms with Crippen molar-refractivity contribution >= 4 is 11.2 Å². The lowest BCUT2D eigenvalue weighted by atomic mass is 10.5. The molecule has 21 heavy (non-hydrogen) atoms. The Balaban J connectivity index is 2.16. The summed E-state index contributed by atoms with van der Waals surface area (Å²) in [5.41, 5.74) is -0.154. The summed E-state index contributed by atoms with van der Waals surface area (Å²) in [5, 5.41) is 7.80. The van der Waals surface area contributed by atoms with E-state index in [1.807, 2.05) is 6.92 Å². The zero-order valence-corrected chi connectivity index (χ0v) is 11.9. The van der Waals surface area contributed by atoms with Crippen molar-refractivity contribution in [2.24, 2.45) is 14.1 Å². The standard InChI is InChI=1S/C12H14N6O3/c1-4-7-14-15-8(21-7)5-18-6-13-10-9(18)11(19)17(3)12(20)16(10)2/h6H,4-5H2,1-3H3. The van der Waals surface area contributed by atoms with Crippen LogP contribution in [0.25, 0.3) is 11.2 Å². The van der Waals surface area contributed by atoms with E-state index in [1.54, 1.807) is 11.6 Å². The highest BCUT2D eigenvalue weighted by Crippen LogP contribution is 2.09. The quantitative estimate of drug-likeness (QED) is 0.640. The summed E-state index contributed by atoms with van der Waals surface area (Å²) < 4.78 is 9.41. The Labute approximate surface area is 118 Å². The fourth-order valence-electron chi connectivity index (χ4n) is 2.16. The topological polar surface area (TPSA) is 101 Å². The Morgan fingerprint density at radius 3 is 2.52 bits per heavy atom. The number of hydrogen-bond donors (Lipinski definition) is 0. The maximum Gasteiger partial charge on any atom is 0.332 e. The van der Waals surface area contributed by atoms with E-state index in [0.29, 0.717) is 29.4 Å². The molecule has 0 N–H and O–H groups in total. The zero-order chi connectivity index (χ0) is 15.1. The van der Waals surface area contributed by atoms with Crippen LogP contribution in [-0.2, 0) is 27.1 Å². The first kappa shape index (κ1) is 13.3. The average Bonchev–Trinajstić information content (AvgIpc) is 3.10. The molecule has 3 aromatic rings. The normalized spacial score (nSPS) is 11.4. The minimum atomic E-state index is -0.413. The monoisotopic (exact) mass is 290 g/mol. The first-order chi connectivity index (χ1) is 10.0. The molecule has 0 amide bonds. The lowest BCUT2D eigenvalue weighted by Gasteiger charge is -2.04. The second kappa shape index (κ2) is 4.69. The van der Waals surface area contributed by atoms with Gasteiger partial charge in [0.15, 0.2) is 11.2 Å². The molecular weight excluding hydrogens is 276 g/mol. The Morgan fingerprint density at radius 2 is 1.86 bits per heavy atom. The average molecular weight is 290 g/mol. The Kier molecular flexibility index (Phi) is 2.96. The third-order valence-electron chi connectivity index (χ3n) is 3.33. The highest BCUT2D eigenvalue weighted by atomic mass is 16.4. The molecule has 0 spiro atoms. The first-order valence-electron chi connectivity index (χ1n) is 6.45. The van der Waals surface area contributed by atoms with Crippen LogP contribution < -0.4 is 11.2 Å². The first-order valence-corrected chi connectivity index (χ1v) is 6.45. The summed E-state index contributed by atoms with van der Waals surface area (Å²) >= 11 is 0. The minimum absolute atomic E-state index is 0.233. The summed E-state index contributed by atoms with van der Waals surface area (Å²) in [6, 6.07) is 0. The SMILES string of the molecule is CCc1nnc(Cn2cnc3c2c(=O)n(C)c(=O)n3C)o1. The molecule has 110 valence electrons. The van der Waals surface area contributed by atoms with Gasteiger partial charge in [0.2, 0.25) is 11.8 Å². The van der Waals surface area contributed by atoms with Crippen LogP contribution in [0, 0.1) is 0 Å². The minimum Gasteiger partial charge on any atom is -0.423 e. The van der Waals surface area contributed by atoms with Gasteiger partial charge in [-0.25, -0.2) is 9.78 Å². The number of aryl methyl sites for hydroxylation is 2. The van der Waals surface area contributed by atoms with Crippen molar-refractivity contribution in [2.45, 2.75) is 19.9 Å². The summed E-state index contributed by atoms with van der Waals surface area (Å²) in [5.74, 6) is 0.928. The van der Waals surface area contributed by atoms with Crippen molar-refractivity contribution < 1.29 is 4.42 Å². The van der Waals surface area contributed by atoms with Gasteiger partial charge in [-0.15, -0.1) is 10.2 Å². The molecule has 0 aliphatic rings. The molecule has 3 aromatic heterocycles. The van der Waals surface area contributed by atoms with Gasteiger partial charge in [0.25, 0.3) is 5.56 Å². The van der Waals surface area contributed by atoms with Crippen molar-refractivity contribution in [3.05, 3.63) is 38.9 Å². The van der Waals surface area contributed by atoms with Gasteiger partial charge >= 0.3 is 5.69 Å². The molecule has 0 aromatic carbocycles. The molecule has 0 unspecified atom stereocenters. The predicted molar refractivity (Wildman–Crippen MR) is 73.0 cm³/mol. The predicted octanol–water partition coefficient (Wildman–Crippen LogP) is -0.573. The van der Waals surface area contributed by atoms with Gasteiger partial charge in [-0.05, 0) is 0 Å². The van der Waals surface area contributed by atoms with Gasteiger partial charge in [-0.1, -0.05) is 6.92 Å². The Morgan fingerprint density at radius 1 is 1.14 bits per heavy atom. The van der Waals surface area contributed by atoms with Gasteiger partial charge < -0.3 is 8.98 Å². The lowest BCUT2D eigenvalue weighted by molar-refractivity contribution is 0.444. The van der Waals surface area contributed by atoms with Crippen molar-refractivity contribution in [1.29, 1.82) is 0 Å². The third-order valence-corrected chi connectivity index (χ3v) is 3.33. The molecule has 3 heterocycles. The van der Waals surface area contributed by atoms with E-state index in [2.05, 4.69) is 15.2 Å². The Hall–Kier alpha value is -2.71. The van der Waals surface area contributed by atoms with E-state index in [1.165, 1.54) is 17.9 Å². The van der Waals surface area contributed by atoms with Crippen molar-refractivity contribution in [2.75, 3.05) is 0 Å². The number of aromatic nitrogens is 6. The van der Waals surface area contributed by atoms with E-state index in [4.69, 9.17) is 4.42 Å². The van der Waals surface area contributed by atoms with E-state index in [-0.39, 0.29) is 6.54 Å². The summed E-state index contributed by atoms with van der Waals surface area (Å²) in [7, 11) is 3.01. The van der Waals surface area contributed by atoms with E-state index in [0.717, 1.165) is 4.57 Å². The van der Waals surface area contributed by atoms with Crippen molar-refractivity contribution in [3.63, 3.8) is 0 Å². The maximum absolute atomic E-state index is 12.3. The van der Waals surface area contributed by atoms with Gasteiger partial charge in [-0.2, -0.15) is 0 Å². The van der Waals surface area contributed by atoms with E-state index < -0.39 is 11.2 Å². The van der Waals surface area contributed by atoms with Gasteiger partial charge in [0.05, 0.1) is 6.33 Å². The largest absolute Gasteiger partial charge is 0.423 e. The second-order valence-corrected chi connectivity index (χ2v) is 4.69. The summed E-state index contributed by atoms with van der Waals surface area (Å²) in [6.45, 7) is 2.15. The van der Waals surface area contributed by atoms with Crippen molar-refractivity contribution in [3.8, 4) is 0 Å². The highest BCUT2D eigenvalue weighted by molar-refractivity contribution is 5.70. The number of hydrogen-bond acceptors (Lipinski definition) is 6. The highest BCUT2D eigenvalue weighted by Gasteiger charge is 2.15. The molecule has 9 nitrogen and oxygen atoms in total. The third kappa shape index (κ3) is 1.97. The Bertz CT molecular complexity index is 929. The molecule has 0 radical (unpaired) electrons. The smallest absolute Gasteiger partial charge is 0.332 e.